The van der Waals surface area contributed by atoms with Gasteiger partial charge in [0.15, 0.2) is 0 Å². The van der Waals surface area contributed by atoms with E-state index in [2.05, 4.69) is 22.0 Å². The molecule has 1 aromatic rings. The van der Waals surface area contributed by atoms with Crippen LogP contribution in [-0.4, -0.2) is 5.33 Å². The minimum Gasteiger partial charge on any atom is -0.128 e. The maximum absolute atomic E-state index is 5.89. The predicted molar refractivity (Wildman–Crippen MR) is 58.6 cm³/mol. The van der Waals surface area contributed by atoms with E-state index in [0.717, 1.165) is 15.6 Å². The summed E-state index contributed by atoms with van der Waals surface area (Å²) in [5.74, 6) is 1.63. The van der Waals surface area contributed by atoms with Crippen molar-refractivity contribution in [2.45, 2.75) is 18.8 Å². The van der Waals surface area contributed by atoms with Gasteiger partial charge in [0.05, 0.1) is 4.34 Å². The molecule has 0 amide bonds. The Kier molecular flexibility index (Phi) is 2.78. The van der Waals surface area contributed by atoms with E-state index >= 15 is 0 Å². The largest absolute Gasteiger partial charge is 0.128 e. The number of hydrogen-bond donors (Lipinski definition) is 0. The second-order valence-corrected chi connectivity index (χ2v) is 5.63. The third kappa shape index (κ3) is 1.86. The summed E-state index contributed by atoms with van der Waals surface area (Å²) in [6, 6.07) is 4.16. The summed E-state index contributed by atoms with van der Waals surface area (Å²) in [5, 5.41) is 1.08. The third-order valence-electron chi connectivity index (χ3n) is 2.32. The molecule has 0 aromatic carbocycles. The van der Waals surface area contributed by atoms with Crippen LogP contribution in [0.1, 0.15) is 23.6 Å². The van der Waals surface area contributed by atoms with Gasteiger partial charge in [-0.25, -0.2) is 0 Å². The molecule has 1 unspecified atom stereocenters. The van der Waals surface area contributed by atoms with Gasteiger partial charge >= 0.3 is 0 Å². The summed E-state index contributed by atoms with van der Waals surface area (Å²) < 4.78 is 0.914. The van der Waals surface area contributed by atoms with Crippen LogP contribution in [-0.2, 0) is 0 Å². The molecule has 0 saturated heterocycles. The van der Waals surface area contributed by atoms with Gasteiger partial charge in [0.25, 0.3) is 0 Å². The van der Waals surface area contributed by atoms with Crippen LogP contribution < -0.4 is 0 Å². The number of thiophene rings is 1. The summed E-state index contributed by atoms with van der Waals surface area (Å²) in [7, 11) is 0. The molecule has 0 N–H and O–H groups in total. The Morgan fingerprint density at radius 2 is 2.33 bits per heavy atom. The van der Waals surface area contributed by atoms with E-state index in [1.807, 2.05) is 6.07 Å². The third-order valence-corrected chi connectivity index (χ3v) is 4.38. The maximum Gasteiger partial charge on any atom is 0.0931 e. The molecule has 12 heavy (non-hydrogen) atoms. The zero-order valence-corrected chi connectivity index (χ0v) is 9.75. The zero-order chi connectivity index (χ0) is 8.55. The zero-order valence-electron chi connectivity index (χ0n) is 6.59. The molecule has 1 fully saturated rings. The smallest absolute Gasteiger partial charge is 0.0931 e. The van der Waals surface area contributed by atoms with Gasteiger partial charge in [0, 0.05) is 16.1 Å². The molecule has 2 rings (SSSR count). The van der Waals surface area contributed by atoms with Crippen LogP contribution in [0.4, 0.5) is 0 Å². The van der Waals surface area contributed by atoms with E-state index in [1.165, 1.54) is 17.7 Å². The van der Waals surface area contributed by atoms with E-state index in [-0.39, 0.29) is 0 Å². The summed E-state index contributed by atoms with van der Waals surface area (Å²) in [4.78, 5) is 1.44. The molecule has 1 atom stereocenters. The Labute approximate surface area is 90.1 Å². The number of hydrogen-bond acceptors (Lipinski definition) is 1. The van der Waals surface area contributed by atoms with Crippen LogP contribution in [0.15, 0.2) is 12.1 Å². The molecule has 1 aromatic heterocycles. The highest BCUT2D eigenvalue weighted by molar-refractivity contribution is 9.09. The molecule has 0 nitrogen and oxygen atoms in total. The van der Waals surface area contributed by atoms with Gasteiger partial charge in [-0.2, -0.15) is 0 Å². The second-order valence-electron chi connectivity index (χ2n) is 3.24. The Morgan fingerprint density at radius 3 is 2.75 bits per heavy atom. The highest BCUT2D eigenvalue weighted by atomic mass is 79.9. The molecule has 0 spiro atoms. The van der Waals surface area contributed by atoms with E-state index in [9.17, 15) is 0 Å². The lowest BCUT2D eigenvalue weighted by molar-refractivity contribution is 0.690. The van der Waals surface area contributed by atoms with Gasteiger partial charge in [0.2, 0.25) is 0 Å². The first kappa shape index (κ1) is 9.04. The Balaban J connectivity index is 2.15. The van der Waals surface area contributed by atoms with E-state index in [1.54, 1.807) is 11.3 Å². The fraction of sp³-hybridized carbons (Fsp3) is 0.556. The van der Waals surface area contributed by atoms with Crippen LogP contribution in [0.5, 0.6) is 0 Å². The number of rotatable bonds is 3. The monoisotopic (exact) mass is 264 g/mol. The molecule has 66 valence electrons. The average Bonchev–Trinajstić information content (AvgIpc) is 2.78. The average molecular weight is 266 g/mol. The first-order valence-electron chi connectivity index (χ1n) is 4.12. The summed E-state index contributed by atoms with van der Waals surface area (Å²) in [6.45, 7) is 0. The lowest BCUT2D eigenvalue weighted by atomic mass is 10.1. The van der Waals surface area contributed by atoms with Crippen molar-refractivity contribution in [1.29, 1.82) is 0 Å². The second kappa shape index (κ2) is 3.69. The highest BCUT2D eigenvalue weighted by Crippen LogP contribution is 2.45. The van der Waals surface area contributed by atoms with Gasteiger partial charge < -0.3 is 0 Å². The molecule has 3 heteroatoms. The fourth-order valence-corrected chi connectivity index (χ4v) is 3.81. The molecule has 0 bridgehead atoms. The highest BCUT2D eigenvalue weighted by Gasteiger charge is 2.32. The van der Waals surface area contributed by atoms with Crippen molar-refractivity contribution in [2.75, 3.05) is 5.33 Å². The van der Waals surface area contributed by atoms with Crippen molar-refractivity contribution in [3.63, 3.8) is 0 Å². The molecule has 1 saturated carbocycles. The van der Waals surface area contributed by atoms with E-state index in [4.69, 9.17) is 11.6 Å². The molecule has 0 aliphatic heterocycles. The van der Waals surface area contributed by atoms with Gasteiger partial charge in [-0.15, -0.1) is 11.3 Å². The lowest BCUT2D eigenvalue weighted by Gasteiger charge is -2.09. The Morgan fingerprint density at radius 1 is 1.58 bits per heavy atom. The molecule has 0 radical (unpaired) electrons. The van der Waals surface area contributed by atoms with Crippen molar-refractivity contribution >= 4 is 38.9 Å². The summed E-state index contributed by atoms with van der Waals surface area (Å²) >= 11 is 11.2. The van der Waals surface area contributed by atoms with Gasteiger partial charge in [-0.3, -0.25) is 0 Å². The van der Waals surface area contributed by atoms with Crippen molar-refractivity contribution in [2.24, 2.45) is 5.92 Å². The quantitative estimate of drug-likeness (QED) is 0.715. The first-order valence-corrected chi connectivity index (χ1v) is 6.44. The van der Waals surface area contributed by atoms with Crippen LogP contribution in [0, 0.1) is 5.92 Å². The normalized spacial score (nSPS) is 19.5. The molecular weight excluding hydrogens is 256 g/mol. The Hall–Kier alpha value is 0.470. The minimum absolute atomic E-state index is 0.711. The minimum atomic E-state index is 0.711. The SMILES string of the molecule is Clc1ccc(C(CBr)C2CC2)s1. The predicted octanol–water partition coefficient (Wildman–Crippen LogP) is 4.29. The summed E-state index contributed by atoms with van der Waals surface area (Å²) in [6.07, 6.45) is 2.79. The number of halogens is 2. The van der Waals surface area contributed by atoms with E-state index in [0.29, 0.717) is 5.92 Å². The van der Waals surface area contributed by atoms with Crippen molar-refractivity contribution in [1.82, 2.24) is 0 Å². The number of alkyl halides is 1. The van der Waals surface area contributed by atoms with E-state index < -0.39 is 0 Å². The lowest BCUT2D eigenvalue weighted by Crippen LogP contribution is -1.99. The van der Waals surface area contributed by atoms with Crippen LogP contribution in [0.3, 0.4) is 0 Å². The molecule has 1 aliphatic carbocycles. The van der Waals surface area contributed by atoms with Crippen LogP contribution in [0.25, 0.3) is 0 Å². The van der Waals surface area contributed by atoms with Gasteiger partial charge in [0.1, 0.15) is 0 Å². The fourth-order valence-electron chi connectivity index (χ4n) is 1.46. The maximum atomic E-state index is 5.89. The van der Waals surface area contributed by atoms with Gasteiger partial charge in [-0.05, 0) is 30.9 Å². The standard InChI is InChI=1S/C9H10BrClS/c10-5-7(6-1-2-6)8-3-4-9(11)12-8/h3-4,6-7H,1-2,5H2. The first-order chi connectivity index (χ1) is 5.81. The van der Waals surface area contributed by atoms with Crippen molar-refractivity contribution in [3.8, 4) is 0 Å². The molecule has 1 heterocycles. The van der Waals surface area contributed by atoms with Crippen molar-refractivity contribution in [3.05, 3.63) is 21.3 Å². The molecular formula is C9H10BrClS. The van der Waals surface area contributed by atoms with Crippen LogP contribution >= 0.6 is 38.9 Å². The topological polar surface area (TPSA) is 0 Å². The van der Waals surface area contributed by atoms with Crippen molar-refractivity contribution < 1.29 is 0 Å². The van der Waals surface area contributed by atoms with Crippen LogP contribution in [0.2, 0.25) is 4.34 Å². The molecule has 1 aliphatic rings. The summed E-state index contributed by atoms with van der Waals surface area (Å²) in [5.41, 5.74) is 0. The Bertz CT molecular complexity index is 267. The van der Waals surface area contributed by atoms with Gasteiger partial charge in [-0.1, -0.05) is 27.5 Å².